The van der Waals surface area contributed by atoms with Crippen molar-refractivity contribution < 1.29 is 23.7 Å². The second-order valence-corrected chi connectivity index (χ2v) is 8.04. The number of alkyl halides is 2. The lowest BCUT2D eigenvalue weighted by molar-refractivity contribution is -0.0831. The summed E-state index contributed by atoms with van der Waals surface area (Å²) in [5.74, 6) is -3.02. The first-order valence-corrected chi connectivity index (χ1v) is 11.1. The summed E-state index contributed by atoms with van der Waals surface area (Å²) in [6.45, 7) is 0.717. The number of phenolic OH excluding ortho intramolecular Hbond substituents is 1. The Balaban J connectivity index is 1.29. The van der Waals surface area contributed by atoms with Crippen molar-refractivity contribution in [2.45, 2.75) is 37.7 Å². The number of halogens is 2. The second kappa shape index (κ2) is 11.9. The van der Waals surface area contributed by atoms with Crippen LogP contribution in [0.3, 0.4) is 0 Å². The van der Waals surface area contributed by atoms with Crippen LogP contribution in [0.4, 0.5) is 8.78 Å². The van der Waals surface area contributed by atoms with Gasteiger partial charge in [0.25, 0.3) is 5.92 Å². The van der Waals surface area contributed by atoms with E-state index in [1.54, 1.807) is 30.3 Å². The van der Waals surface area contributed by atoms with E-state index in [-0.39, 0.29) is 16.9 Å². The molecule has 0 spiro atoms. The summed E-state index contributed by atoms with van der Waals surface area (Å²) >= 11 is 0. The maximum atomic E-state index is 14.0. The van der Waals surface area contributed by atoms with Crippen LogP contribution in [-0.2, 0) is 10.7 Å². The minimum atomic E-state index is -2.98. The molecule has 0 amide bonds. The Hall–Kier alpha value is -2.81. The minimum Gasteiger partial charge on any atom is -0.506 e. The number of aliphatic hydroxyl groups is 1. The highest BCUT2D eigenvalue weighted by Crippen LogP contribution is 2.29. The van der Waals surface area contributed by atoms with E-state index >= 15 is 0 Å². The third-order valence-corrected chi connectivity index (χ3v) is 5.48. The predicted molar refractivity (Wildman–Crippen MR) is 124 cm³/mol. The molecule has 8 heteroatoms. The Bertz CT molecular complexity index is 1070. The zero-order valence-corrected chi connectivity index (χ0v) is 18.4. The number of phenols is 1. The first kappa shape index (κ1) is 24.8. The van der Waals surface area contributed by atoms with Crippen LogP contribution in [0, 0.1) is 0 Å². The van der Waals surface area contributed by atoms with Crippen molar-refractivity contribution in [1.29, 1.82) is 0 Å². The normalized spacial score (nSPS) is 12.8. The Morgan fingerprint density at radius 3 is 2.55 bits per heavy atom. The van der Waals surface area contributed by atoms with Gasteiger partial charge in [-0.25, -0.2) is 0 Å². The molecule has 0 aliphatic heterocycles. The Morgan fingerprint density at radius 2 is 1.76 bits per heavy atom. The molecule has 0 radical (unpaired) electrons. The van der Waals surface area contributed by atoms with E-state index in [1.807, 2.05) is 0 Å². The van der Waals surface area contributed by atoms with Gasteiger partial charge in [-0.2, -0.15) is 8.78 Å². The summed E-state index contributed by atoms with van der Waals surface area (Å²) in [5.41, 5.74) is 0.573. The van der Waals surface area contributed by atoms with Crippen LogP contribution in [-0.4, -0.2) is 41.5 Å². The lowest BCUT2D eigenvalue weighted by Crippen LogP contribution is -2.23. The monoisotopic (exact) mass is 460 g/mol. The molecule has 0 aliphatic rings. The molecule has 0 unspecified atom stereocenters. The molecule has 4 N–H and O–H groups in total. The number of hydrogen-bond acceptors (Lipinski definition) is 5. The summed E-state index contributed by atoms with van der Waals surface area (Å²) in [6.07, 6.45) is 2.60. The Kier molecular flexibility index (Phi) is 8.94. The molecule has 0 saturated heterocycles. The van der Waals surface area contributed by atoms with Crippen LogP contribution in [0.2, 0.25) is 0 Å². The zero-order valence-electron chi connectivity index (χ0n) is 18.4. The molecule has 0 saturated carbocycles. The van der Waals surface area contributed by atoms with E-state index in [2.05, 4.69) is 10.3 Å². The lowest BCUT2D eigenvalue weighted by Gasteiger charge is -2.16. The molecule has 0 fully saturated rings. The number of aromatic amines is 1. The summed E-state index contributed by atoms with van der Waals surface area (Å²) in [7, 11) is 0. The van der Waals surface area contributed by atoms with Crippen molar-refractivity contribution in [3.05, 3.63) is 76.1 Å². The number of aromatic nitrogens is 1. The number of unbranched alkanes of at least 4 members (excludes halogenated alkanes) is 3. The quantitative estimate of drug-likeness (QED) is 0.287. The molecule has 6 nitrogen and oxygen atoms in total. The van der Waals surface area contributed by atoms with Gasteiger partial charge < -0.3 is 25.3 Å². The fourth-order valence-corrected chi connectivity index (χ4v) is 3.67. The fourth-order valence-electron chi connectivity index (χ4n) is 3.67. The number of rotatable bonds is 13. The number of H-pyrrole nitrogens is 1. The van der Waals surface area contributed by atoms with Crippen molar-refractivity contribution in [3.8, 4) is 5.75 Å². The maximum Gasteiger partial charge on any atom is 0.296 e. The van der Waals surface area contributed by atoms with Gasteiger partial charge >= 0.3 is 0 Å². The first-order chi connectivity index (χ1) is 15.9. The highest BCUT2D eigenvalue weighted by molar-refractivity contribution is 5.87. The predicted octanol–water partition coefficient (Wildman–Crippen LogP) is 4.23. The van der Waals surface area contributed by atoms with Crippen molar-refractivity contribution in [1.82, 2.24) is 10.3 Å². The van der Waals surface area contributed by atoms with Crippen LogP contribution in [0.25, 0.3) is 10.9 Å². The molecule has 2 aromatic carbocycles. The Morgan fingerprint density at radius 1 is 1.00 bits per heavy atom. The minimum absolute atomic E-state index is 0.0353. The van der Waals surface area contributed by atoms with E-state index in [9.17, 15) is 23.8 Å². The Labute approximate surface area is 191 Å². The summed E-state index contributed by atoms with van der Waals surface area (Å²) < 4.78 is 33.2. The van der Waals surface area contributed by atoms with E-state index in [1.165, 1.54) is 24.3 Å². The smallest absolute Gasteiger partial charge is 0.296 e. The van der Waals surface area contributed by atoms with Crippen LogP contribution in [0.5, 0.6) is 5.75 Å². The van der Waals surface area contributed by atoms with E-state index in [0.717, 1.165) is 19.3 Å². The average molecular weight is 461 g/mol. The third-order valence-electron chi connectivity index (χ3n) is 5.48. The van der Waals surface area contributed by atoms with Gasteiger partial charge in [0.2, 0.25) is 5.56 Å². The number of nitrogens with one attached hydrogen (secondary N) is 2. The number of aromatic hydroxyl groups is 1. The van der Waals surface area contributed by atoms with Crippen LogP contribution < -0.4 is 10.9 Å². The van der Waals surface area contributed by atoms with Crippen molar-refractivity contribution >= 4 is 10.9 Å². The van der Waals surface area contributed by atoms with Gasteiger partial charge in [0.15, 0.2) is 0 Å². The van der Waals surface area contributed by atoms with Gasteiger partial charge in [-0.1, -0.05) is 49.2 Å². The molecule has 1 atom stereocenters. The van der Waals surface area contributed by atoms with Crippen LogP contribution in [0.15, 0.2) is 59.4 Å². The number of hydrogen-bond donors (Lipinski definition) is 4. The van der Waals surface area contributed by atoms with Gasteiger partial charge in [0.1, 0.15) is 12.4 Å². The molecular weight excluding hydrogens is 430 g/mol. The molecular formula is C25H30F2N2O4. The largest absolute Gasteiger partial charge is 0.506 e. The molecule has 178 valence electrons. The second-order valence-electron chi connectivity index (χ2n) is 8.04. The summed E-state index contributed by atoms with van der Waals surface area (Å²) in [4.78, 5) is 14.1. The lowest BCUT2D eigenvalue weighted by atomic mass is 10.0. The van der Waals surface area contributed by atoms with Gasteiger partial charge in [-0.05, 0) is 37.1 Å². The van der Waals surface area contributed by atoms with Gasteiger partial charge in [0, 0.05) is 30.2 Å². The molecule has 3 aromatic rings. The molecule has 33 heavy (non-hydrogen) atoms. The highest BCUT2D eigenvalue weighted by atomic mass is 19.3. The van der Waals surface area contributed by atoms with E-state index < -0.39 is 18.6 Å². The summed E-state index contributed by atoms with van der Waals surface area (Å²) in [6, 6.07) is 13.7. The van der Waals surface area contributed by atoms with Crippen molar-refractivity contribution in [2.75, 3.05) is 26.3 Å². The van der Waals surface area contributed by atoms with Crippen LogP contribution >= 0.6 is 0 Å². The van der Waals surface area contributed by atoms with Gasteiger partial charge in [-0.3, -0.25) is 4.79 Å². The SMILES string of the molecule is O=c1ccc2c([C@H](O)CNCCCCCCOCC(F)(F)c3ccccc3)ccc(O)c2[nH]1. The number of aliphatic hydroxyl groups excluding tert-OH is 1. The maximum absolute atomic E-state index is 14.0. The molecule has 0 aliphatic carbocycles. The molecule has 1 aromatic heterocycles. The zero-order chi connectivity index (χ0) is 23.7. The number of benzene rings is 2. The van der Waals surface area contributed by atoms with Crippen molar-refractivity contribution in [2.24, 2.45) is 0 Å². The van der Waals surface area contributed by atoms with Crippen LogP contribution in [0.1, 0.15) is 42.9 Å². The molecule has 3 rings (SSSR count). The average Bonchev–Trinajstić information content (AvgIpc) is 2.81. The van der Waals surface area contributed by atoms with Gasteiger partial charge in [-0.15, -0.1) is 0 Å². The summed E-state index contributed by atoms with van der Waals surface area (Å²) in [5, 5.41) is 24.2. The topological polar surface area (TPSA) is 94.6 Å². The van der Waals surface area contributed by atoms with Crippen molar-refractivity contribution in [3.63, 3.8) is 0 Å². The standard InChI is InChI=1S/C25H30F2N2O4/c26-25(27,18-8-4-3-5-9-18)17-33-15-7-2-1-6-14-28-16-22(31)19-10-12-21(30)24-20(19)11-13-23(32)29-24/h3-5,8-13,22,28,30-31H,1-2,6-7,14-17H2,(H,29,32)/t22-/m1/s1. The number of pyridine rings is 1. The first-order valence-electron chi connectivity index (χ1n) is 11.1. The fraction of sp³-hybridized carbons (Fsp3) is 0.400. The van der Waals surface area contributed by atoms with E-state index in [4.69, 9.17) is 4.74 Å². The third kappa shape index (κ3) is 7.08. The molecule has 1 heterocycles. The van der Waals surface area contributed by atoms with Gasteiger partial charge in [0.05, 0.1) is 11.6 Å². The number of ether oxygens (including phenoxy) is 1. The number of fused-ring (bicyclic) bond motifs is 1. The highest BCUT2D eigenvalue weighted by Gasteiger charge is 2.31. The van der Waals surface area contributed by atoms with E-state index in [0.29, 0.717) is 42.6 Å². The molecule has 0 bridgehead atoms.